The SMILES string of the molecule is CCCCO/N=C(\C)[C@@H]1CCc2cc([C@H]3CC[C@](N)(COP(=O)(O)O)C3)ccc2C1. The van der Waals surface area contributed by atoms with Crippen molar-refractivity contribution in [3.63, 3.8) is 0 Å². The van der Waals surface area contributed by atoms with Crippen LogP contribution in [0.3, 0.4) is 0 Å². The number of nitrogens with zero attached hydrogens (tertiary/aromatic N) is 1. The molecule has 4 N–H and O–H groups in total. The van der Waals surface area contributed by atoms with Gasteiger partial charge in [0.05, 0.1) is 12.3 Å². The van der Waals surface area contributed by atoms with E-state index in [9.17, 15) is 4.57 Å². The van der Waals surface area contributed by atoms with Gasteiger partial charge in [0.2, 0.25) is 0 Å². The Morgan fingerprint density at radius 3 is 2.87 bits per heavy atom. The topological polar surface area (TPSA) is 114 Å². The van der Waals surface area contributed by atoms with Crippen molar-refractivity contribution in [1.82, 2.24) is 0 Å². The molecule has 0 bridgehead atoms. The molecule has 1 saturated carbocycles. The maximum Gasteiger partial charge on any atom is 0.469 e. The predicted octanol–water partition coefficient (Wildman–Crippen LogP) is 4.06. The Morgan fingerprint density at radius 2 is 2.13 bits per heavy atom. The van der Waals surface area contributed by atoms with Crippen LogP contribution in [0.2, 0.25) is 0 Å². The van der Waals surface area contributed by atoms with Crippen LogP contribution in [0, 0.1) is 5.92 Å². The van der Waals surface area contributed by atoms with Crippen LogP contribution in [0.25, 0.3) is 0 Å². The Morgan fingerprint density at radius 1 is 1.33 bits per heavy atom. The Bertz CT molecular complexity index is 809. The van der Waals surface area contributed by atoms with Crippen molar-refractivity contribution in [2.24, 2.45) is 16.8 Å². The summed E-state index contributed by atoms with van der Waals surface area (Å²) in [7, 11) is -4.49. The molecule has 0 unspecified atom stereocenters. The molecular formula is C22H35N2O5P. The molecule has 0 aromatic heterocycles. The number of phosphoric acid groups is 1. The first-order chi connectivity index (χ1) is 14.2. The number of unbranched alkanes of at least 4 members (excludes halogenated alkanes) is 1. The Balaban J connectivity index is 1.59. The van der Waals surface area contributed by atoms with E-state index in [0.29, 0.717) is 31.3 Å². The molecule has 1 aromatic carbocycles. The largest absolute Gasteiger partial charge is 0.469 e. The first-order valence-electron chi connectivity index (χ1n) is 11.0. The molecule has 30 heavy (non-hydrogen) atoms. The number of fused-ring (bicyclic) bond motifs is 1. The maximum absolute atomic E-state index is 11.0. The minimum absolute atomic E-state index is 0.112. The van der Waals surface area contributed by atoms with Crippen molar-refractivity contribution in [3.8, 4) is 0 Å². The molecule has 0 radical (unpaired) electrons. The lowest BCUT2D eigenvalue weighted by molar-refractivity contribution is 0.139. The van der Waals surface area contributed by atoms with E-state index >= 15 is 0 Å². The van der Waals surface area contributed by atoms with Gasteiger partial charge in [-0.2, -0.15) is 0 Å². The van der Waals surface area contributed by atoms with Crippen LogP contribution in [0.4, 0.5) is 0 Å². The van der Waals surface area contributed by atoms with E-state index in [0.717, 1.165) is 44.2 Å². The van der Waals surface area contributed by atoms with Crippen molar-refractivity contribution in [1.29, 1.82) is 0 Å². The molecule has 0 amide bonds. The average Bonchev–Trinajstić information content (AvgIpc) is 3.11. The molecule has 0 spiro atoms. The van der Waals surface area contributed by atoms with Crippen LogP contribution in [0.1, 0.15) is 75.0 Å². The van der Waals surface area contributed by atoms with Crippen LogP contribution in [0.5, 0.6) is 0 Å². The zero-order chi connectivity index (χ0) is 21.8. The van der Waals surface area contributed by atoms with E-state index in [4.69, 9.17) is 20.4 Å². The van der Waals surface area contributed by atoms with Gasteiger partial charge in [-0.15, -0.1) is 0 Å². The molecule has 8 heteroatoms. The van der Waals surface area contributed by atoms with Crippen LogP contribution >= 0.6 is 7.82 Å². The van der Waals surface area contributed by atoms with Crippen LogP contribution in [-0.4, -0.2) is 34.3 Å². The number of phosphoric ester groups is 1. The second-order valence-electron chi connectivity index (χ2n) is 8.95. The van der Waals surface area contributed by atoms with E-state index in [2.05, 4.69) is 41.7 Å². The van der Waals surface area contributed by atoms with E-state index in [1.165, 1.54) is 16.7 Å². The van der Waals surface area contributed by atoms with Crippen molar-refractivity contribution in [3.05, 3.63) is 34.9 Å². The maximum atomic E-state index is 11.0. The van der Waals surface area contributed by atoms with Gasteiger partial charge in [-0.25, -0.2) is 4.57 Å². The van der Waals surface area contributed by atoms with Gasteiger partial charge in [-0.1, -0.05) is 36.7 Å². The third-order valence-electron chi connectivity index (χ3n) is 6.48. The number of hydrogen-bond donors (Lipinski definition) is 3. The molecule has 3 atom stereocenters. The third-order valence-corrected chi connectivity index (χ3v) is 6.95. The molecular weight excluding hydrogens is 403 g/mol. The zero-order valence-corrected chi connectivity index (χ0v) is 18.9. The fraction of sp³-hybridized carbons (Fsp3) is 0.682. The number of benzene rings is 1. The fourth-order valence-electron chi connectivity index (χ4n) is 4.60. The minimum Gasteiger partial charge on any atom is -0.396 e. The van der Waals surface area contributed by atoms with E-state index in [1.54, 1.807) is 0 Å². The normalized spacial score (nSPS) is 27.2. The molecule has 3 rings (SSSR count). The van der Waals surface area contributed by atoms with Gasteiger partial charge < -0.3 is 20.4 Å². The first-order valence-corrected chi connectivity index (χ1v) is 12.5. The summed E-state index contributed by atoms with van der Waals surface area (Å²) in [6.07, 6.45) is 7.51. The highest BCUT2D eigenvalue weighted by atomic mass is 31.2. The Hall–Kier alpha value is -1.24. The average molecular weight is 439 g/mol. The number of oxime groups is 1. The van der Waals surface area contributed by atoms with Crippen LogP contribution < -0.4 is 5.73 Å². The lowest BCUT2D eigenvalue weighted by atomic mass is 9.80. The molecule has 2 aliphatic carbocycles. The standard InChI is InChI=1S/C22H35N2O5P/c1-3-4-11-28-24-16(2)17-5-6-19-13-20(8-7-18(19)12-17)21-9-10-22(23,14-21)15-29-30(25,26)27/h7-8,13,17,21H,3-6,9-12,14-15,23H2,1-2H3,(H2,25,26,27)/b24-16+/t17-,21+,22-/m1/s1. The first kappa shape index (κ1) is 23.4. The van der Waals surface area contributed by atoms with Crippen LogP contribution in [-0.2, 0) is 26.8 Å². The molecule has 0 aliphatic heterocycles. The summed E-state index contributed by atoms with van der Waals surface area (Å²) in [5, 5.41) is 4.32. The summed E-state index contributed by atoms with van der Waals surface area (Å²) in [5.74, 6) is 0.728. The molecule has 168 valence electrons. The lowest BCUT2D eigenvalue weighted by Gasteiger charge is -2.26. The number of aryl methyl sites for hydroxylation is 1. The van der Waals surface area contributed by atoms with E-state index in [1.807, 2.05) is 0 Å². The summed E-state index contributed by atoms with van der Waals surface area (Å²) in [5.41, 5.74) is 10.8. The zero-order valence-electron chi connectivity index (χ0n) is 18.0. The fourth-order valence-corrected chi connectivity index (χ4v) is 5.03. The highest BCUT2D eigenvalue weighted by Gasteiger charge is 2.38. The molecule has 7 nitrogen and oxygen atoms in total. The van der Waals surface area contributed by atoms with Gasteiger partial charge in [0.25, 0.3) is 0 Å². The number of rotatable bonds is 9. The minimum atomic E-state index is -4.49. The van der Waals surface area contributed by atoms with Gasteiger partial charge in [-0.05, 0) is 74.5 Å². The van der Waals surface area contributed by atoms with E-state index in [-0.39, 0.29) is 6.61 Å². The summed E-state index contributed by atoms with van der Waals surface area (Å²) >= 11 is 0. The molecule has 1 aromatic rings. The molecule has 0 saturated heterocycles. The predicted molar refractivity (Wildman–Crippen MR) is 117 cm³/mol. The summed E-state index contributed by atoms with van der Waals surface area (Å²) in [6, 6.07) is 6.71. The summed E-state index contributed by atoms with van der Waals surface area (Å²) in [6.45, 7) is 4.78. The Labute approximate surface area is 179 Å². The quantitative estimate of drug-likeness (QED) is 0.232. The third kappa shape index (κ3) is 6.38. The van der Waals surface area contributed by atoms with Crippen molar-refractivity contribution >= 4 is 13.5 Å². The second-order valence-corrected chi connectivity index (χ2v) is 10.2. The van der Waals surface area contributed by atoms with Crippen molar-refractivity contribution in [2.45, 2.75) is 76.7 Å². The van der Waals surface area contributed by atoms with Crippen molar-refractivity contribution in [2.75, 3.05) is 13.2 Å². The van der Waals surface area contributed by atoms with Crippen molar-refractivity contribution < 1.29 is 23.7 Å². The van der Waals surface area contributed by atoms with Gasteiger partial charge >= 0.3 is 7.82 Å². The van der Waals surface area contributed by atoms with Gasteiger partial charge in [0, 0.05) is 11.5 Å². The number of hydrogen-bond acceptors (Lipinski definition) is 5. The molecule has 2 aliphatic rings. The van der Waals surface area contributed by atoms with Gasteiger partial charge in [-0.3, -0.25) is 4.52 Å². The second kappa shape index (κ2) is 9.92. The molecule has 0 heterocycles. The van der Waals surface area contributed by atoms with E-state index < -0.39 is 13.4 Å². The Kier molecular flexibility index (Phi) is 7.75. The summed E-state index contributed by atoms with van der Waals surface area (Å²) in [4.78, 5) is 23.4. The summed E-state index contributed by atoms with van der Waals surface area (Å²) < 4.78 is 15.7. The highest BCUT2D eigenvalue weighted by Crippen LogP contribution is 2.44. The lowest BCUT2D eigenvalue weighted by Crippen LogP contribution is -2.41. The highest BCUT2D eigenvalue weighted by molar-refractivity contribution is 7.46. The van der Waals surface area contributed by atoms with Gasteiger partial charge in [0.1, 0.15) is 6.61 Å². The smallest absolute Gasteiger partial charge is 0.396 e. The van der Waals surface area contributed by atoms with Gasteiger partial charge in [0.15, 0.2) is 0 Å². The van der Waals surface area contributed by atoms with Crippen LogP contribution in [0.15, 0.2) is 23.4 Å². The monoisotopic (exact) mass is 438 g/mol. The molecule has 1 fully saturated rings. The number of nitrogens with two attached hydrogens (primary N) is 1.